The van der Waals surface area contributed by atoms with E-state index in [0.717, 1.165) is 38.4 Å². The first-order valence-corrected chi connectivity index (χ1v) is 7.40. The van der Waals surface area contributed by atoms with E-state index in [1.165, 1.54) is 12.8 Å². The summed E-state index contributed by atoms with van der Waals surface area (Å²) in [6.07, 6.45) is 4.52. The number of nitrogens with one attached hydrogen (secondary N) is 1. The molecule has 18 heavy (non-hydrogen) atoms. The van der Waals surface area contributed by atoms with E-state index < -0.39 is 0 Å². The van der Waals surface area contributed by atoms with Crippen molar-refractivity contribution in [3.05, 3.63) is 0 Å². The molecule has 0 amide bonds. The molecule has 0 saturated carbocycles. The number of carbonyl (C=O) groups is 1. The molecule has 2 rings (SSSR count). The van der Waals surface area contributed by atoms with Gasteiger partial charge in [-0.3, -0.25) is 9.69 Å². The summed E-state index contributed by atoms with van der Waals surface area (Å²) in [5, 5.41) is 3.59. The molecule has 1 unspecified atom stereocenters. The summed E-state index contributed by atoms with van der Waals surface area (Å²) in [5.41, 5.74) is 0. The monoisotopic (exact) mass is 254 g/mol. The molecule has 2 heterocycles. The number of hydrogen-bond acceptors (Lipinski definition) is 4. The fraction of sp³-hybridized carbons (Fsp3) is 0.929. The molecule has 4 heteroatoms. The van der Waals surface area contributed by atoms with Crippen LogP contribution in [0, 0.1) is 5.92 Å². The van der Waals surface area contributed by atoms with Gasteiger partial charge in [0.2, 0.25) is 0 Å². The first-order chi connectivity index (χ1) is 8.76. The third-order valence-corrected chi connectivity index (χ3v) is 4.19. The molecule has 104 valence electrons. The van der Waals surface area contributed by atoms with Crippen LogP contribution in [0.1, 0.15) is 39.5 Å². The van der Waals surface area contributed by atoms with Crippen molar-refractivity contribution in [3.63, 3.8) is 0 Å². The normalized spacial score (nSPS) is 29.9. The zero-order chi connectivity index (χ0) is 13.0. The van der Waals surface area contributed by atoms with Gasteiger partial charge in [-0.1, -0.05) is 13.3 Å². The van der Waals surface area contributed by atoms with Gasteiger partial charge in [-0.25, -0.2) is 0 Å². The summed E-state index contributed by atoms with van der Waals surface area (Å²) in [6, 6.07) is 0.565. The van der Waals surface area contributed by atoms with Crippen molar-refractivity contribution in [2.45, 2.75) is 51.6 Å². The number of carbonyl (C=O) groups excluding carboxylic acids is 1. The second-order valence-corrected chi connectivity index (χ2v) is 5.47. The minimum absolute atomic E-state index is 0.0256. The molecule has 0 bridgehead atoms. The van der Waals surface area contributed by atoms with E-state index >= 15 is 0 Å². The molecule has 2 saturated heterocycles. The second-order valence-electron chi connectivity index (χ2n) is 5.47. The van der Waals surface area contributed by atoms with Crippen molar-refractivity contribution >= 4 is 5.97 Å². The topological polar surface area (TPSA) is 41.6 Å². The Balaban J connectivity index is 1.96. The lowest BCUT2D eigenvalue weighted by Gasteiger charge is -2.25. The molecule has 0 spiro atoms. The molecule has 2 fully saturated rings. The molecule has 3 atom stereocenters. The maximum absolute atomic E-state index is 12.0. The van der Waals surface area contributed by atoms with Crippen molar-refractivity contribution in [3.8, 4) is 0 Å². The smallest absolute Gasteiger partial charge is 0.323 e. The molecule has 4 nitrogen and oxygen atoms in total. The van der Waals surface area contributed by atoms with E-state index in [1.54, 1.807) is 0 Å². The van der Waals surface area contributed by atoms with Crippen LogP contribution in [0.25, 0.3) is 0 Å². The van der Waals surface area contributed by atoms with Crippen LogP contribution < -0.4 is 5.32 Å². The Morgan fingerprint density at radius 2 is 2.28 bits per heavy atom. The molecule has 0 aromatic carbocycles. The van der Waals surface area contributed by atoms with Crippen LogP contribution in [0.3, 0.4) is 0 Å². The van der Waals surface area contributed by atoms with Gasteiger partial charge >= 0.3 is 5.97 Å². The summed E-state index contributed by atoms with van der Waals surface area (Å²) >= 11 is 0. The van der Waals surface area contributed by atoms with Crippen LogP contribution in [0.4, 0.5) is 0 Å². The maximum atomic E-state index is 12.0. The third-order valence-electron chi connectivity index (χ3n) is 4.19. The third kappa shape index (κ3) is 3.04. The van der Waals surface area contributed by atoms with Crippen LogP contribution >= 0.6 is 0 Å². The van der Waals surface area contributed by atoms with Crippen molar-refractivity contribution < 1.29 is 9.53 Å². The lowest BCUT2D eigenvalue weighted by Crippen LogP contribution is -2.43. The summed E-state index contributed by atoms with van der Waals surface area (Å²) < 4.78 is 5.22. The Labute approximate surface area is 110 Å². The fourth-order valence-corrected chi connectivity index (χ4v) is 3.30. The van der Waals surface area contributed by atoms with E-state index in [9.17, 15) is 4.79 Å². The lowest BCUT2D eigenvalue weighted by atomic mass is 9.94. The van der Waals surface area contributed by atoms with E-state index in [0.29, 0.717) is 12.6 Å². The Hall–Kier alpha value is -0.610. The van der Waals surface area contributed by atoms with Crippen molar-refractivity contribution in [2.75, 3.05) is 26.2 Å². The van der Waals surface area contributed by atoms with Crippen LogP contribution in [-0.2, 0) is 9.53 Å². The van der Waals surface area contributed by atoms with Crippen LogP contribution in [0.15, 0.2) is 0 Å². The Bertz CT molecular complexity index is 269. The molecule has 2 aliphatic heterocycles. The average Bonchev–Trinajstić information content (AvgIpc) is 2.79. The number of fused-ring (bicyclic) bond motifs is 1. The molecular weight excluding hydrogens is 228 g/mol. The highest BCUT2D eigenvalue weighted by atomic mass is 16.5. The van der Waals surface area contributed by atoms with Gasteiger partial charge in [0.25, 0.3) is 0 Å². The maximum Gasteiger partial charge on any atom is 0.323 e. The summed E-state index contributed by atoms with van der Waals surface area (Å²) in [4.78, 5) is 14.4. The van der Waals surface area contributed by atoms with Crippen LogP contribution in [-0.4, -0.2) is 49.2 Å². The highest BCUT2D eigenvalue weighted by Gasteiger charge is 2.39. The van der Waals surface area contributed by atoms with E-state index in [-0.39, 0.29) is 12.0 Å². The van der Waals surface area contributed by atoms with Gasteiger partial charge in [-0.05, 0) is 38.6 Å². The number of ether oxygens (including phenoxy) is 1. The van der Waals surface area contributed by atoms with E-state index in [4.69, 9.17) is 4.74 Å². The van der Waals surface area contributed by atoms with Crippen molar-refractivity contribution in [1.29, 1.82) is 0 Å². The predicted molar refractivity (Wildman–Crippen MR) is 71.4 cm³/mol. The quantitative estimate of drug-likeness (QED) is 0.753. The number of rotatable bonds is 5. The first kappa shape index (κ1) is 13.8. The number of hydrogen-bond donors (Lipinski definition) is 1. The molecule has 0 aromatic rings. The number of piperidine rings is 1. The molecule has 0 aliphatic carbocycles. The zero-order valence-corrected chi connectivity index (χ0v) is 11.7. The fourth-order valence-electron chi connectivity index (χ4n) is 3.30. The second kappa shape index (κ2) is 6.53. The summed E-state index contributed by atoms with van der Waals surface area (Å²) in [6.45, 7) is 7.69. The lowest BCUT2D eigenvalue weighted by molar-refractivity contribution is -0.149. The number of nitrogens with zero attached hydrogens (tertiary/aromatic N) is 1. The molecule has 0 radical (unpaired) electrons. The van der Waals surface area contributed by atoms with Gasteiger partial charge in [0, 0.05) is 19.1 Å². The Morgan fingerprint density at radius 1 is 1.44 bits per heavy atom. The van der Waals surface area contributed by atoms with Gasteiger partial charge in [0.1, 0.15) is 6.04 Å². The highest BCUT2D eigenvalue weighted by molar-refractivity contribution is 5.75. The van der Waals surface area contributed by atoms with Crippen molar-refractivity contribution in [2.24, 2.45) is 5.92 Å². The standard InChI is InChI=1S/C14H26N2O2/c1-3-6-13(14(17)18-4-2)16-9-11-7-5-8-15-12(11)10-16/h11-13,15H,3-10H2,1-2H3/t11-,12+,13?/m0/s1. The van der Waals surface area contributed by atoms with E-state index in [1.807, 2.05) is 6.92 Å². The number of likely N-dealkylation sites (tertiary alicyclic amines) is 1. The summed E-state index contributed by atoms with van der Waals surface area (Å²) in [7, 11) is 0. The van der Waals surface area contributed by atoms with Gasteiger partial charge in [0.15, 0.2) is 0 Å². The minimum Gasteiger partial charge on any atom is -0.465 e. The zero-order valence-electron chi connectivity index (χ0n) is 11.7. The molecule has 1 N–H and O–H groups in total. The molecular formula is C14H26N2O2. The van der Waals surface area contributed by atoms with E-state index in [2.05, 4.69) is 17.1 Å². The van der Waals surface area contributed by atoms with Gasteiger partial charge < -0.3 is 10.1 Å². The summed E-state index contributed by atoms with van der Waals surface area (Å²) in [5.74, 6) is 0.700. The number of esters is 1. The Morgan fingerprint density at radius 3 is 2.94 bits per heavy atom. The Kier molecular flexibility index (Phi) is 5.01. The van der Waals surface area contributed by atoms with Gasteiger partial charge in [0.05, 0.1) is 6.61 Å². The van der Waals surface area contributed by atoms with Crippen LogP contribution in [0.5, 0.6) is 0 Å². The SMILES string of the molecule is CCCC(C(=O)OCC)N1C[C@@H]2CCCN[C@@H]2C1. The van der Waals surface area contributed by atoms with Crippen LogP contribution in [0.2, 0.25) is 0 Å². The van der Waals surface area contributed by atoms with Crippen molar-refractivity contribution in [1.82, 2.24) is 10.2 Å². The first-order valence-electron chi connectivity index (χ1n) is 7.40. The minimum atomic E-state index is -0.0296. The van der Waals surface area contributed by atoms with Gasteiger partial charge in [-0.15, -0.1) is 0 Å². The predicted octanol–water partition coefficient (Wildman–Crippen LogP) is 1.40. The largest absolute Gasteiger partial charge is 0.465 e. The molecule has 0 aromatic heterocycles. The highest BCUT2D eigenvalue weighted by Crippen LogP contribution is 2.27. The van der Waals surface area contributed by atoms with Gasteiger partial charge in [-0.2, -0.15) is 0 Å². The molecule has 2 aliphatic rings. The average molecular weight is 254 g/mol.